The zero-order chi connectivity index (χ0) is 30.0. The van der Waals surface area contributed by atoms with Crippen molar-refractivity contribution in [3.05, 3.63) is 88.7 Å². The van der Waals surface area contributed by atoms with E-state index in [1.807, 2.05) is 0 Å². The molecule has 2 atom stereocenters. The summed E-state index contributed by atoms with van der Waals surface area (Å²) < 4.78 is 92.7. The van der Waals surface area contributed by atoms with E-state index in [1.165, 1.54) is 6.07 Å². The minimum atomic E-state index is -4.83. The lowest BCUT2D eigenvalue weighted by Gasteiger charge is -2.27. The minimum absolute atomic E-state index is 0.0198. The Balaban J connectivity index is 1.65. The molecule has 41 heavy (non-hydrogen) atoms. The van der Waals surface area contributed by atoms with Crippen molar-refractivity contribution in [3.8, 4) is 23.6 Å². The van der Waals surface area contributed by atoms with E-state index in [9.17, 15) is 46.7 Å². The van der Waals surface area contributed by atoms with Crippen molar-refractivity contribution in [2.75, 3.05) is 19.7 Å². The van der Waals surface area contributed by atoms with Crippen LogP contribution in [0.15, 0.2) is 65.6 Å². The van der Waals surface area contributed by atoms with Gasteiger partial charge in [-0.15, -0.1) is 0 Å². The van der Waals surface area contributed by atoms with E-state index in [-0.39, 0.29) is 23.7 Å². The number of halogens is 4. The molecule has 0 spiro atoms. The van der Waals surface area contributed by atoms with Crippen molar-refractivity contribution in [2.24, 2.45) is 0 Å². The van der Waals surface area contributed by atoms with Crippen molar-refractivity contribution in [3.63, 3.8) is 0 Å². The molecule has 0 unspecified atom stereocenters. The van der Waals surface area contributed by atoms with Gasteiger partial charge in [0.25, 0.3) is 0 Å². The largest absolute Gasteiger partial charge is 0.485 e. The molecule has 1 aliphatic rings. The molecule has 1 fully saturated rings. The van der Waals surface area contributed by atoms with Crippen molar-refractivity contribution < 1.29 is 45.7 Å². The first-order valence-electron chi connectivity index (χ1n) is 11.8. The Morgan fingerprint density at radius 3 is 2.32 bits per heavy atom. The first-order chi connectivity index (χ1) is 19.3. The number of rotatable bonds is 8. The first kappa shape index (κ1) is 29.8. The van der Waals surface area contributed by atoms with E-state index < -0.39 is 69.4 Å². The highest BCUT2D eigenvalue weighted by Crippen LogP contribution is 2.38. The average molecular weight is 592 g/mol. The molecule has 3 aromatic rings. The van der Waals surface area contributed by atoms with Gasteiger partial charge < -0.3 is 19.7 Å². The Hall–Kier alpha value is -4.21. The molecule has 214 valence electrons. The first-order valence-corrected chi connectivity index (χ1v) is 13.3. The number of hydrogen-bond donors (Lipinski definition) is 2. The second-order valence-corrected chi connectivity index (χ2v) is 11.1. The summed E-state index contributed by atoms with van der Waals surface area (Å²) in [5, 5.41) is 39.6. The number of aliphatic hydroxyl groups is 2. The van der Waals surface area contributed by atoms with Crippen LogP contribution in [0.3, 0.4) is 0 Å². The molecule has 1 saturated heterocycles. The Labute approximate surface area is 232 Å². The smallest absolute Gasteiger partial charge is 0.416 e. The van der Waals surface area contributed by atoms with Crippen LogP contribution in [0.5, 0.6) is 11.5 Å². The summed E-state index contributed by atoms with van der Waals surface area (Å²) in [6.45, 7) is -2.43. The van der Waals surface area contributed by atoms with Crippen LogP contribution in [-0.2, 0) is 22.8 Å². The fourth-order valence-electron chi connectivity index (χ4n) is 4.18. The molecule has 1 heterocycles. The van der Waals surface area contributed by atoms with Crippen LogP contribution in [0.25, 0.3) is 0 Å². The lowest BCUT2D eigenvalue weighted by atomic mass is 10.0. The van der Waals surface area contributed by atoms with E-state index in [4.69, 9.17) is 9.47 Å². The summed E-state index contributed by atoms with van der Waals surface area (Å²) in [6.07, 6.45) is -6.34. The molecular weight excluding hydrogens is 570 g/mol. The van der Waals surface area contributed by atoms with E-state index in [0.29, 0.717) is 22.5 Å². The average Bonchev–Trinajstić information content (AvgIpc) is 3.29. The summed E-state index contributed by atoms with van der Waals surface area (Å²) in [7, 11) is -4.68. The maximum absolute atomic E-state index is 14.5. The van der Waals surface area contributed by atoms with Crippen LogP contribution in [0.2, 0.25) is 0 Å². The molecule has 4 rings (SSSR count). The fraction of sp³-hybridized carbons (Fsp3) is 0.259. The maximum atomic E-state index is 14.5. The Morgan fingerprint density at radius 1 is 1.02 bits per heavy atom. The number of hydrogen-bond acceptors (Lipinski definition) is 8. The van der Waals surface area contributed by atoms with Gasteiger partial charge in [-0.25, -0.2) is 12.8 Å². The molecule has 14 heteroatoms. The third-order valence-electron chi connectivity index (χ3n) is 6.40. The van der Waals surface area contributed by atoms with Crippen molar-refractivity contribution >= 4 is 10.0 Å². The van der Waals surface area contributed by atoms with Crippen LogP contribution in [0, 0.1) is 28.5 Å². The second kappa shape index (κ2) is 11.3. The van der Waals surface area contributed by atoms with Gasteiger partial charge in [0.05, 0.1) is 34.7 Å². The standard InChI is InChI=1S/C27H21F4N3O6S/c28-21-10-23(22(9-18(21)11-32)39-14-17-4-2-1-3-5-17)40-25-13-34(15-26(25,36)16-35)41(37,38)24-7-6-20(27(29,30)31)8-19(24)12-33/h1-10,25,35-36H,13-16H2/t25-,26+/m0/s1. The molecule has 9 nitrogen and oxygen atoms in total. The van der Waals surface area contributed by atoms with E-state index in [1.54, 1.807) is 36.4 Å². The van der Waals surface area contributed by atoms with Crippen molar-refractivity contribution in [2.45, 2.75) is 29.4 Å². The Kier molecular flexibility index (Phi) is 8.24. The Morgan fingerprint density at radius 2 is 1.71 bits per heavy atom. The summed E-state index contributed by atoms with van der Waals surface area (Å²) in [4.78, 5) is -0.745. The van der Waals surface area contributed by atoms with Gasteiger partial charge in [0, 0.05) is 18.7 Å². The monoisotopic (exact) mass is 591 g/mol. The summed E-state index contributed by atoms with van der Waals surface area (Å²) in [5.74, 6) is -1.41. The molecular formula is C27H21F4N3O6S. The SMILES string of the molecule is N#Cc1cc(OCc2ccccc2)c(O[C@H]2CN(S(=O)(=O)c3ccc(C(F)(F)F)cc3C#N)C[C@@]2(O)CO)cc1F. The van der Waals surface area contributed by atoms with Gasteiger partial charge in [0.2, 0.25) is 10.0 Å². The minimum Gasteiger partial charge on any atom is -0.485 e. The third-order valence-corrected chi connectivity index (χ3v) is 8.27. The van der Waals surface area contributed by atoms with Crippen molar-refractivity contribution in [1.29, 1.82) is 10.5 Å². The molecule has 0 amide bonds. The number of β-amino-alcohol motifs (C(OH)–C–C–N with tert-alkyl or cyclic N) is 1. The zero-order valence-corrected chi connectivity index (χ0v) is 21.8. The molecule has 3 aromatic carbocycles. The summed E-state index contributed by atoms with van der Waals surface area (Å²) in [6, 6.07) is 15.3. The van der Waals surface area contributed by atoms with E-state index in [0.717, 1.165) is 17.7 Å². The topological polar surface area (TPSA) is 144 Å². The van der Waals surface area contributed by atoms with Gasteiger partial charge in [-0.05, 0) is 23.8 Å². The lowest BCUT2D eigenvalue weighted by molar-refractivity contribution is -0.137. The number of nitriles is 2. The Bertz CT molecular complexity index is 1640. The van der Waals surface area contributed by atoms with Crippen LogP contribution in [0.4, 0.5) is 17.6 Å². The number of aliphatic hydroxyl groups excluding tert-OH is 1. The molecule has 0 saturated carbocycles. The van der Waals surface area contributed by atoms with Gasteiger partial charge >= 0.3 is 6.18 Å². The predicted octanol–water partition coefficient (Wildman–Crippen LogP) is 3.34. The maximum Gasteiger partial charge on any atom is 0.416 e. The fourth-order valence-corrected chi connectivity index (χ4v) is 5.81. The summed E-state index contributed by atoms with van der Waals surface area (Å²) >= 11 is 0. The number of ether oxygens (including phenoxy) is 2. The predicted molar refractivity (Wildman–Crippen MR) is 133 cm³/mol. The van der Waals surface area contributed by atoms with Gasteiger partial charge in [0.15, 0.2) is 11.5 Å². The number of nitrogens with zero attached hydrogens (tertiary/aromatic N) is 3. The van der Waals surface area contributed by atoms with Gasteiger partial charge in [0.1, 0.15) is 36.3 Å². The number of alkyl halides is 3. The number of benzene rings is 3. The van der Waals surface area contributed by atoms with E-state index in [2.05, 4.69) is 0 Å². The second-order valence-electron chi connectivity index (χ2n) is 9.15. The highest BCUT2D eigenvalue weighted by atomic mass is 32.2. The van der Waals surface area contributed by atoms with Crippen LogP contribution in [0.1, 0.15) is 22.3 Å². The molecule has 0 aromatic heterocycles. The van der Waals surface area contributed by atoms with E-state index >= 15 is 0 Å². The van der Waals surface area contributed by atoms with Gasteiger partial charge in [-0.3, -0.25) is 0 Å². The highest BCUT2D eigenvalue weighted by Gasteiger charge is 2.51. The quantitative estimate of drug-likeness (QED) is 0.380. The molecule has 1 aliphatic heterocycles. The van der Waals surface area contributed by atoms with Gasteiger partial charge in [-0.2, -0.15) is 28.0 Å². The van der Waals surface area contributed by atoms with Crippen LogP contribution < -0.4 is 9.47 Å². The zero-order valence-electron chi connectivity index (χ0n) is 21.0. The molecule has 2 N–H and O–H groups in total. The molecule has 0 bridgehead atoms. The van der Waals surface area contributed by atoms with Crippen LogP contribution in [-0.4, -0.2) is 54.3 Å². The van der Waals surface area contributed by atoms with Crippen LogP contribution >= 0.6 is 0 Å². The third kappa shape index (κ3) is 6.11. The van der Waals surface area contributed by atoms with Crippen molar-refractivity contribution in [1.82, 2.24) is 4.31 Å². The highest BCUT2D eigenvalue weighted by molar-refractivity contribution is 7.89. The normalized spacial score (nSPS) is 19.4. The van der Waals surface area contributed by atoms with Gasteiger partial charge in [-0.1, -0.05) is 30.3 Å². The molecule has 0 radical (unpaired) electrons. The summed E-state index contributed by atoms with van der Waals surface area (Å²) in [5.41, 5.74) is -3.90. The number of sulfonamides is 1. The molecule has 0 aliphatic carbocycles. The lowest BCUT2D eigenvalue weighted by Crippen LogP contribution is -2.48.